The third kappa shape index (κ3) is 3.47. The Morgan fingerprint density at radius 3 is 2.87 bits per heavy atom. The van der Waals surface area contributed by atoms with Crippen LogP contribution in [0.5, 0.6) is 0 Å². The Labute approximate surface area is 92.0 Å². The van der Waals surface area contributed by atoms with E-state index in [1.54, 1.807) is 0 Å². The van der Waals surface area contributed by atoms with Crippen molar-refractivity contribution in [1.82, 2.24) is 10.2 Å². The van der Waals surface area contributed by atoms with Gasteiger partial charge >= 0.3 is 0 Å². The molecule has 15 heavy (non-hydrogen) atoms. The van der Waals surface area contributed by atoms with E-state index in [1.807, 2.05) is 25.8 Å². The fourth-order valence-electron chi connectivity index (χ4n) is 1.81. The first kappa shape index (κ1) is 12.5. The van der Waals surface area contributed by atoms with Crippen LogP contribution in [0.15, 0.2) is 0 Å². The first-order valence-electron chi connectivity index (χ1n) is 5.76. The SMILES string of the molecule is CCN(CC1CCCO1)C(=O)C(C)NC. The summed E-state index contributed by atoms with van der Waals surface area (Å²) in [6, 6.07) is -0.105. The first-order valence-corrected chi connectivity index (χ1v) is 5.76. The van der Waals surface area contributed by atoms with Crippen LogP contribution < -0.4 is 5.32 Å². The summed E-state index contributed by atoms with van der Waals surface area (Å²) in [5.74, 6) is 0.163. The highest BCUT2D eigenvalue weighted by molar-refractivity contribution is 5.81. The van der Waals surface area contributed by atoms with Crippen LogP contribution in [0.2, 0.25) is 0 Å². The van der Waals surface area contributed by atoms with Gasteiger partial charge in [0.15, 0.2) is 0 Å². The predicted molar refractivity (Wildman–Crippen MR) is 59.7 cm³/mol. The average Bonchev–Trinajstić information content (AvgIpc) is 2.76. The molecule has 1 aliphatic rings. The second-order valence-corrected chi connectivity index (χ2v) is 4.02. The van der Waals surface area contributed by atoms with Crippen LogP contribution in [0, 0.1) is 0 Å². The van der Waals surface area contributed by atoms with E-state index in [0.717, 1.165) is 32.5 Å². The summed E-state index contributed by atoms with van der Waals surface area (Å²) in [5.41, 5.74) is 0. The van der Waals surface area contributed by atoms with Gasteiger partial charge in [-0.1, -0.05) is 0 Å². The molecule has 2 unspecified atom stereocenters. The van der Waals surface area contributed by atoms with E-state index in [2.05, 4.69) is 5.32 Å². The summed E-state index contributed by atoms with van der Waals surface area (Å²) < 4.78 is 5.53. The van der Waals surface area contributed by atoms with Crippen LogP contribution >= 0.6 is 0 Å². The van der Waals surface area contributed by atoms with Gasteiger partial charge in [-0.25, -0.2) is 0 Å². The minimum Gasteiger partial charge on any atom is -0.376 e. The molecule has 1 fully saturated rings. The molecular weight excluding hydrogens is 192 g/mol. The molecule has 0 aliphatic carbocycles. The van der Waals surface area contributed by atoms with Gasteiger partial charge in [0.1, 0.15) is 0 Å². The summed E-state index contributed by atoms with van der Waals surface area (Å²) in [6.45, 7) is 6.24. The molecule has 1 N–H and O–H groups in total. The third-order valence-electron chi connectivity index (χ3n) is 2.94. The minimum atomic E-state index is -0.105. The second-order valence-electron chi connectivity index (χ2n) is 4.02. The van der Waals surface area contributed by atoms with Crippen LogP contribution in [0.3, 0.4) is 0 Å². The number of carbonyl (C=O) groups excluding carboxylic acids is 1. The highest BCUT2D eigenvalue weighted by Crippen LogP contribution is 2.13. The fourth-order valence-corrected chi connectivity index (χ4v) is 1.81. The van der Waals surface area contributed by atoms with Crippen molar-refractivity contribution in [2.45, 2.75) is 38.8 Å². The zero-order chi connectivity index (χ0) is 11.3. The molecule has 2 atom stereocenters. The minimum absolute atomic E-state index is 0.105. The third-order valence-corrected chi connectivity index (χ3v) is 2.94. The number of amides is 1. The highest BCUT2D eigenvalue weighted by atomic mass is 16.5. The van der Waals surface area contributed by atoms with E-state index < -0.39 is 0 Å². The molecule has 0 aromatic heterocycles. The number of rotatable bonds is 5. The topological polar surface area (TPSA) is 41.6 Å². The quantitative estimate of drug-likeness (QED) is 0.729. The van der Waals surface area contributed by atoms with E-state index in [9.17, 15) is 4.79 Å². The number of nitrogens with zero attached hydrogens (tertiary/aromatic N) is 1. The van der Waals surface area contributed by atoms with E-state index in [0.29, 0.717) is 0 Å². The van der Waals surface area contributed by atoms with Gasteiger partial charge in [0.25, 0.3) is 0 Å². The molecule has 0 saturated carbocycles. The maximum Gasteiger partial charge on any atom is 0.239 e. The van der Waals surface area contributed by atoms with Crippen LogP contribution in [-0.4, -0.2) is 49.7 Å². The van der Waals surface area contributed by atoms with Crippen molar-refractivity contribution in [3.8, 4) is 0 Å². The van der Waals surface area contributed by atoms with Crippen molar-refractivity contribution in [3.05, 3.63) is 0 Å². The second kappa shape index (κ2) is 6.08. The van der Waals surface area contributed by atoms with Gasteiger partial charge in [0.2, 0.25) is 5.91 Å². The average molecular weight is 214 g/mol. The largest absolute Gasteiger partial charge is 0.376 e. The van der Waals surface area contributed by atoms with Gasteiger partial charge in [-0.2, -0.15) is 0 Å². The zero-order valence-electron chi connectivity index (χ0n) is 9.95. The Balaban J connectivity index is 2.43. The van der Waals surface area contributed by atoms with Gasteiger partial charge < -0.3 is 15.0 Å². The molecule has 1 aliphatic heterocycles. The Morgan fingerprint density at radius 1 is 1.67 bits per heavy atom. The molecular formula is C11H22N2O2. The molecule has 0 radical (unpaired) electrons. The predicted octanol–water partition coefficient (Wildman–Crippen LogP) is 0.622. The van der Waals surface area contributed by atoms with E-state index in [-0.39, 0.29) is 18.1 Å². The highest BCUT2D eigenvalue weighted by Gasteiger charge is 2.23. The standard InChI is InChI=1S/C11H22N2O2/c1-4-13(11(14)9(2)12-3)8-10-6-5-7-15-10/h9-10,12H,4-8H2,1-3H3. The van der Waals surface area contributed by atoms with Crippen LogP contribution in [0.25, 0.3) is 0 Å². The number of hydrogen-bond acceptors (Lipinski definition) is 3. The molecule has 0 aromatic rings. The van der Waals surface area contributed by atoms with Crippen LogP contribution in [0.4, 0.5) is 0 Å². The number of hydrogen-bond donors (Lipinski definition) is 1. The molecule has 0 aromatic carbocycles. The lowest BCUT2D eigenvalue weighted by Crippen LogP contribution is -2.46. The maximum absolute atomic E-state index is 11.9. The Kier molecular flexibility index (Phi) is 5.05. The lowest BCUT2D eigenvalue weighted by Gasteiger charge is -2.26. The number of nitrogens with one attached hydrogen (secondary N) is 1. The summed E-state index contributed by atoms with van der Waals surface area (Å²) >= 11 is 0. The van der Waals surface area contributed by atoms with Gasteiger partial charge in [-0.3, -0.25) is 4.79 Å². The van der Waals surface area contributed by atoms with Gasteiger partial charge in [0.05, 0.1) is 12.1 Å². The molecule has 1 amide bonds. The first-order chi connectivity index (χ1) is 7.19. The van der Waals surface area contributed by atoms with Crippen LogP contribution in [-0.2, 0) is 9.53 Å². The van der Waals surface area contributed by atoms with Crippen molar-refractivity contribution in [2.75, 3.05) is 26.7 Å². The van der Waals surface area contributed by atoms with E-state index >= 15 is 0 Å². The monoisotopic (exact) mass is 214 g/mol. The normalized spacial score (nSPS) is 22.7. The lowest BCUT2D eigenvalue weighted by molar-refractivity contribution is -0.134. The molecule has 1 heterocycles. The smallest absolute Gasteiger partial charge is 0.239 e. The summed E-state index contributed by atoms with van der Waals surface area (Å²) in [6.07, 6.45) is 2.45. The van der Waals surface area contributed by atoms with Crippen LogP contribution in [0.1, 0.15) is 26.7 Å². The molecule has 4 nitrogen and oxygen atoms in total. The Bertz CT molecular complexity index is 203. The van der Waals surface area contributed by atoms with Crippen molar-refractivity contribution in [1.29, 1.82) is 0 Å². The Morgan fingerprint density at radius 2 is 2.40 bits per heavy atom. The molecule has 88 valence electrons. The van der Waals surface area contributed by atoms with E-state index in [4.69, 9.17) is 4.74 Å². The van der Waals surface area contributed by atoms with Crippen molar-refractivity contribution >= 4 is 5.91 Å². The number of ether oxygens (including phenoxy) is 1. The molecule has 0 bridgehead atoms. The fraction of sp³-hybridized carbons (Fsp3) is 0.909. The summed E-state index contributed by atoms with van der Waals surface area (Å²) in [5, 5.41) is 2.97. The summed E-state index contributed by atoms with van der Waals surface area (Å²) in [7, 11) is 1.81. The van der Waals surface area contributed by atoms with Crippen molar-refractivity contribution in [2.24, 2.45) is 0 Å². The summed E-state index contributed by atoms with van der Waals surface area (Å²) in [4.78, 5) is 13.8. The zero-order valence-corrected chi connectivity index (χ0v) is 9.95. The molecule has 1 saturated heterocycles. The number of carbonyl (C=O) groups is 1. The van der Waals surface area contributed by atoms with E-state index in [1.165, 1.54) is 0 Å². The molecule has 4 heteroatoms. The Hall–Kier alpha value is -0.610. The van der Waals surface area contributed by atoms with Crippen molar-refractivity contribution in [3.63, 3.8) is 0 Å². The number of likely N-dealkylation sites (N-methyl/N-ethyl adjacent to an activating group) is 2. The maximum atomic E-state index is 11.9. The van der Waals surface area contributed by atoms with Crippen molar-refractivity contribution < 1.29 is 9.53 Å². The molecule has 1 rings (SSSR count). The van der Waals surface area contributed by atoms with Gasteiger partial charge in [-0.15, -0.1) is 0 Å². The van der Waals surface area contributed by atoms with Gasteiger partial charge in [-0.05, 0) is 33.7 Å². The van der Waals surface area contributed by atoms with Gasteiger partial charge in [0, 0.05) is 19.7 Å². The lowest BCUT2D eigenvalue weighted by atomic mass is 10.2. The molecule has 0 spiro atoms.